The second kappa shape index (κ2) is 55.1. The lowest BCUT2D eigenvalue weighted by atomic mass is 9.96. The van der Waals surface area contributed by atoms with Crippen molar-refractivity contribution in [2.75, 3.05) is 26.4 Å². The summed E-state index contributed by atoms with van der Waals surface area (Å²) in [6.45, 7) is 1.56. The number of nitrogens with one attached hydrogen (secondary N) is 1. The molecule has 12 N–H and O–H groups in total. The van der Waals surface area contributed by atoms with Crippen LogP contribution in [-0.2, 0) is 33.2 Å². The van der Waals surface area contributed by atoms with Gasteiger partial charge in [0.05, 0.1) is 38.6 Å². The molecule has 17 atom stereocenters. The van der Waals surface area contributed by atoms with Crippen LogP contribution in [0.4, 0.5) is 0 Å². The summed E-state index contributed by atoms with van der Waals surface area (Å²) in [5, 5.41) is 121. The monoisotopic (exact) mass is 1330 g/mol. The number of carbonyl (C=O) groups excluding carboxylic acids is 1. The molecule has 0 bridgehead atoms. The number of hydrogen-bond donors (Lipinski definition) is 12. The third-order valence-electron chi connectivity index (χ3n) is 17.0. The SMILES string of the molecule is CC/C=C\C/C=C\C/C=C\C/C=C\C/C=C\C/C=C\C/C=C\C/C=C\CCCCC(=O)NC(COC1OC(CO)C(OC2OC(CO)C(OC3OC(CO)C(O)C(O)C3O)C(O)C2O)C(O)C1O)C(O)/C=C/CC/C=C/CCCCCCCCCCCCCCCCCC. The Labute approximate surface area is 563 Å². The van der Waals surface area contributed by atoms with Gasteiger partial charge < -0.3 is 89.9 Å². The predicted octanol–water partition coefficient (Wildman–Crippen LogP) is 9.99. The quantitative estimate of drug-likeness (QED) is 0.0199. The number of aliphatic hydroxyl groups is 11. The van der Waals surface area contributed by atoms with Crippen molar-refractivity contribution in [3.05, 3.63) is 122 Å². The molecule has 0 aromatic rings. The molecule has 19 heteroatoms. The minimum Gasteiger partial charge on any atom is -0.394 e. The highest BCUT2D eigenvalue weighted by Gasteiger charge is 2.53. The minimum atomic E-state index is -1.99. The molecule has 3 aliphatic heterocycles. The zero-order valence-corrected chi connectivity index (χ0v) is 56.9. The Bertz CT molecular complexity index is 2180. The van der Waals surface area contributed by atoms with Crippen LogP contribution >= 0.6 is 0 Å². The number of hydrogen-bond acceptors (Lipinski definition) is 18. The first kappa shape index (κ1) is 84.4. The minimum absolute atomic E-state index is 0.172. The molecule has 0 saturated carbocycles. The van der Waals surface area contributed by atoms with Crippen molar-refractivity contribution in [1.29, 1.82) is 0 Å². The fraction of sp³-hybridized carbons (Fsp3) is 0.720. The van der Waals surface area contributed by atoms with Crippen LogP contribution < -0.4 is 5.32 Å². The Morgan fingerprint density at radius 2 is 0.745 bits per heavy atom. The molecule has 538 valence electrons. The van der Waals surface area contributed by atoms with Gasteiger partial charge in [-0.2, -0.15) is 0 Å². The van der Waals surface area contributed by atoms with Gasteiger partial charge in [-0.3, -0.25) is 4.79 Å². The number of aliphatic hydroxyl groups excluding tert-OH is 11. The second-order valence-electron chi connectivity index (χ2n) is 25.0. The highest BCUT2D eigenvalue weighted by atomic mass is 16.8. The van der Waals surface area contributed by atoms with Gasteiger partial charge in [0.25, 0.3) is 0 Å². The normalized spacial score (nSPS) is 28.1. The molecule has 0 spiro atoms. The first-order chi connectivity index (χ1) is 45.8. The number of unbranched alkanes of at least 4 members (excludes halogenated alkanes) is 19. The largest absolute Gasteiger partial charge is 0.394 e. The molecule has 3 fully saturated rings. The summed E-state index contributed by atoms with van der Waals surface area (Å²) in [6.07, 6.45) is 48.9. The third-order valence-corrected chi connectivity index (χ3v) is 17.0. The zero-order chi connectivity index (χ0) is 68.2. The number of amides is 1. The molecule has 94 heavy (non-hydrogen) atoms. The first-order valence-corrected chi connectivity index (χ1v) is 35.8. The van der Waals surface area contributed by atoms with Crippen molar-refractivity contribution in [2.24, 2.45) is 0 Å². The maximum Gasteiger partial charge on any atom is 0.220 e. The average Bonchev–Trinajstić information content (AvgIpc) is 0.787. The van der Waals surface area contributed by atoms with Crippen molar-refractivity contribution in [3.8, 4) is 0 Å². The van der Waals surface area contributed by atoms with Crippen LogP contribution in [0.3, 0.4) is 0 Å². The zero-order valence-electron chi connectivity index (χ0n) is 56.9. The fourth-order valence-corrected chi connectivity index (χ4v) is 11.2. The fourth-order valence-electron chi connectivity index (χ4n) is 11.2. The summed E-state index contributed by atoms with van der Waals surface area (Å²) < 4.78 is 34.3. The summed E-state index contributed by atoms with van der Waals surface area (Å²) in [5.74, 6) is -0.332. The van der Waals surface area contributed by atoms with Gasteiger partial charge in [-0.05, 0) is 96.3 Å². The Hall–Kier alpha value is -3.81. The Kier molecular flexibility index (Phi) is 49.5. The predicted molar refractivity (Wildman–Crippen MR) is 369 cm³/mol. The number of rotatable bonds is 53. The highest BCUT2D eigenvalue weighted by Crippen LogP contribution is 2.33. The van der Waals surface area contributed by atoms with Gasteiger partial charge in [0, 0.05) is 6.42 Å². The molecule has 1 amide bonds. The van der Waals surface area contributed by atoms with E-state index in [0.29, 0.717) is 12.8 Å². The van der Waals surface area contributed by atoms with E-state index in [2.05, 4.69) is 129 Å². The van der Waals surface area contributed by atoms with E-state index in [1.54, 1.807) is 6.08 Å². The van der Waals surface area contributed by atoms with E-state index in [1.165, 1.54) is 96.3 Å². The van der Waals surface area contributed by atoms with E-state index in [0.717, 1.165) is 83.5 Å². The Morgan fingerprint density at radius 3 is 1.19 bits per heavy atom. The lowest BCUT2D eigenvalue weighted by Crippen LogP contribution is -2.66. The molecule has 0 aromatic heterocycles. The first-order valence-electron chi connectivity index (χ1n) is 35.8. The summed E-state index contributed by atoms with van der Waals surface area (Å²) in [5.41, 5.74) is 0. The maximum atomic E-state index is 13.4. The molecule has 3 saturated heterocycles. The summed E-state index contributed by atoms with van der Waals surface area (Å²) >= 11 is 0. The average molecular weight is 1330 g/mol. The van der Waals surface area contributed by atoms with Gasteiger partial charge >= 0.3 is 0 Å². The molecule has 17 unspecified atom stereocenters. The van der Waals surface area contributed by atoms with E-state index >= 15 is 0 Å². The van der Waals surface area contributed by atoms with Crippen LogP contribution in [0.15, 0.2) is 122 Å². The van der Waals surface area contributed by atoms with Crippen LogP contribution in [-0.4, -0.2) is 193 Å². The standard InChI is InChI=1S/C75H125NO18/c1-3-5-7-9-11-13-15-17-19-21-23-25-27-28-29-30-31-33-35-37-39-41-43-45-47-49-51-53-63(81)76-58(59(80)52-50-48-46-44-42-40-38-36-34-32-26-24-22-20-18-16-14-12-10-8-6-4-2)57-89-73-69(87)66(84)71(61(55-78)91-73)94-75-70(88)67(85)72(62(56-79)92-75)93-74-68(86)65(83)64(82)60(54-77)90-74/h5,7,11,13,17,19,23,25,28-29,31,33,37,39,42-45,50,52,58-62,64-75,77-80,82-88H,3-4,6,8-10,12,14-16,18,20-22,24,26-27,30,32,34-36,38,40-41,46-49,51,53-57H2,1-2H3,(H,76,81)/b7-5-,13-11-,19-17-,25-23-,29-28-,33-31-,39-37-,44-42+,45-43-,52-50+. The number of allylic oxidation sites excluding steroid dienone is 19. The van der Waals surface area contributed by atoms with Crippen LogP contribution in [0, 0.1) is 0 Å². The molecule has 0 aliphatic carbocycles. The van der Waals surface area contributed by atoms with Gasteiger partial charge in [0.1, 0.15) is 73.2 Å². The number of carbonyl (C=O) groups is 1. The Balaban J connectivity index is 1.47. The summed E-state index contributed by atoms with van der Waals surface area (Å²) in [7, 11) is 0. The highest BCUT2D eigenvalue weighted by molar-refractivity contribution is 5.76. The van der Waals surface area contributed by atoms with Crippen molar-refractivity contribution in [1.82, 2.24) is 5.32 Å². The Morgan fingerprint density at radius 1 is 0.394 bits per heavy atom. The smallest absolute Gasteiger partial charge is 0.220 e. The maximum absolute atomic E-state index is 13.4. The van der Waals surface area contributed by atoms with E-state index in [1.807, 2.05) is 6.08 Å². The van der Waals surface area contributed by atoms with Crippen LogP contribution in [0.1, 0.15) is 213 Å². The third kappa shape index (κ3) is 36.1. The van der Waals surface area contributed by atoms with Crippen LogP contribution in [0.5, 0.6) is 0 Å². The summed E-state index contributed by atoms with van der Waals surface area (Å²) in [6, 6.07) is -1.02. The van der Waals surface area contributed by atoms with Gasteiger partial charge in [-0.15, -0.1) is 0 Å². The second-order valence-corrected chi connectivity index (χ2v) is 25.0. The van der Waals surface area contributed by atoms with Gasteiger partial charge in [0.2, 0.25) is 5.91 Å². The lowest BCUT2D eigenvalue weighted by Gasteiger charge is -2.48. The molecule has 3 rings (SSSR count). The van der Waals surface area contributed by atoms with Gasteiger partial charge in [-0.1, -0.05) is 232 Å². The summed E-state index contributed by atoms with van der Waals surface area (Å²) in [4.78, 5) is 13.4. The van der Waals surface area contributed by atoms with Crippen molar-refractivity contribution >= 4 is 5.91 Å². The van der Waals surface area contributed by atoms with E-state index < -0.39 is 131 Å². The van der Waals surface area contributed by atoms with Crippen molar-refractivity contribution in [3.63, 3.8) is 0 Å². The van der Waals surface area contributed by atoms with E-state index in [9.17, 15) is 61.0 Å². The lowest BCUT2D eigenvalue weighted by molar-refractivity contribution is -0.379. The topological polar surface area (TPSA) is 307 Å². The van der Waals surface area contributed by atoms with Crippen LogP contribution in [0.2, 0.25) is 0 Å². The van der Waals surface area contributed by atoms with E-state index in [4.69, 9.17) is 28.4 Å². The van der Waals surface area contributed by atoms with Gasteiger partial charge in [-0.25, -0.2) is 0 Å². The van der Waals surface area contributed by atoms with Gasteiger partial charge in [0.15, 0.2) is 18.9 Å². The molecule has 19 nitrogen and oxygen atoms in total. The molecule has 0 radical (unpaired) electrons. The van der Waals surface area contributed by atoms with E-state index in [-0.39, 0.29) is 12.3 Å². The molecular formula is C75H125NO18. The molecular weight excluding hydrogens is 1200 g/mol. The molecule has 3 heterocycles. The van der Waals surface area contributed by atoms with Crippen molar-refractivity contribution < 1.29 is 89.4 Å². The number of ether oxygens (including phenoxy) is 6. The molecule has 0 aromatic carbocycles. The van der Waals surface area contributed by atoms with Crippen LogP contribution in [0.25, 0.3) is 0 Å². The molecule has 3 aliphatic rings. The van der Waals surface area contributed by atoms with Crippen molar-refractivity contribution in [2.45, 2.75) is 317 Å².